The van der Waals surface area contributed by atoms with Crippen LogP contribution in [-0.4, -0.2) is 12.6 Å². The number of hydrogen-bond acceptors (Lipinski definition) is 4. The van der Waals surface area contributed by atoms with Gasteiger partial charge in [0.25, 0.3) is 0 Å². The number of carbonyl (C=O) groups excluding carboxylic acids is 1. The first kappa shape index (κ1) is 17.3. The Bertz CT molecular complexity index is 728. The van der Waals surface area contributed by atoms with Gasteiger partial charge >= 0.3 is 5.97 Å². The summed E-state index contributed by atoms with van der Waals surface area (Å²) in [7, 11) is 0. The maximum atomic E-state index is 12.1. The van der Waals surface area contributed by atoms with Crippen LogP contribution in [-0.2, 0) is 4.79 Å². The molecule has 4 nitrogen and oxygen atoms in total. The smallest absolute Gasteiger partial charge is 0.354 e. The van der Waals surface area contributed by atoms with Gasteiger partial charge in [-0.1, -0.05) is 43.7 Å². The largest absolute Gasteiger partial charge is 0.494 e. The van der Waals surface area contributed by atoms with Crippen LogP contribution in [0.25, 0.3) is 6.08 Å². The van der Waals surface area contributed by atoms with Crippen LogP contribution in [0.3, 0.4) is 0 Å². The molecule has 0 spiro atoms. The fraction of sp³-hybridized carbons (Fsp3) is 0.200. The van der Waals surface area contributed by atoms with E-state index in [2.05, 4.69) is 6.92 Å². The minimum Gasteiger partial charge on any atom is -0.494 e. The van der Waals surface area contributed by atoms with Crippen LogP contribution < -0.4 is 9.47 Å². The Labute approximate surface area is 141 Å². The second-order valence-electron chi connectivity index (χ2n) is 5.14. The van der Waals surface area contributed by atoms with Crippen LogP contribution >= 0.6 is 0 Å². The van der Waals surface area contributed by atoms with Crippen molar-refractivity contribution in [2.24, 2.45) is 0 Å². The second-order valence-corrected chi connectivity index (χ2v) is 5.14. The number of benzene rings is 2. The predicted molar refractivity (Wildman–Crippen MR) is 92.5 cm³/mol. The molecule has 0 aliphatic carbocycles. The summed E-state index contributed by atoms with van der Waals surface area (Å²) in [4.78, 5) is 12.1. The Balaban J connectivity index is 2.04. The Morgan fingerprint density at radius 1 is 1.08 bits per heavy atom. The fourth-order valence-electron chi connectivity index (χ4n) is 1.95. The molecule has 0 aliphatic rings. The van der Waals surface area contributed by atoms with Gasteiger partial charge in [-0.3, -0.25) is 0 Å². The lowest BCUT2D eigenvalue weighted by atomic mass is 10.1. The number of carbonyl (C=O) groups is 1. The summed E-state index contributed by atoms with van der Waals surface area (Å²) in [6.07, 6.45) is 3.59. The Morgan fingerprint density at radius 3 is 2.42 bits per heavy atom. The SMILES string of the molecule is CCCCOc1ccc(/C=C(\C#N)C(=O)Oc2ccccc2)cc1. The monoisotopic (exact) mass is 321 g/mol. The lowest BCUT2D eigenvalue weighted by Gasteiger charge is -2.05. The van der Waals surface area contributed by atoms with Gasteiger partial charge in [0.05, 0.1) is 6.61 Å². The maximum Gasteiger partial charge on any atom is 0.354 e. The molecule has 0 saturated carbocycles. The molecule has 0 bridgehead atoms. The number of esters is 1. The topological polar surface area (TPSA) is 59.3 Å². The number of unbranched alkanes of at least 4 members (excludes halogenated alkanes) is 1. The molecule has 2 aromatic rings. The highest BCUT2D eigenvalue weighted by Crippen LogP contribution is 2.16. The summed E-state index contributed by atoms with van der Waals surface area (Å²) in [6.45, 7) is 2.79. The average Bonchev–Trinajstić information content (AvgIpc) is 2.62. The zero-order valence-corrected chi connectivity index (χ0v) is 13.6. The van der Waals surface area contributed by atoms with Crippen LogP contribution in [0.2, 0.25) is 0 Å². The van der Waals surface area contributed by atoms with Gasteiger partial charge < -0.3 is 9.47 Å². The van der Waals surface area contributed by atoms with Crippen molar-refractivity contribution in [2.75, 3.05) is 6.61 Å². The molecule has 24 heavy (non-hydrogen) atoms. The van der Waals surface area contributed by atoms with E-state index in [0.717, 1.165) is 24.2 Å². The molecule has 0 fully saturated rings. The van der Waals surface area contributed by atoms with Crippen LogP contribution in [0.1, 0.15) is 25.3 Å². The second kappa shape index (κ2) is 9.16. The predicted octanol–water partition coefficient (Wildman–Crippen LogP) is 4.38. The molecule has 0 unspecified atom stereocenters. The van der Waals surface area contributed by atoms with Crippen molar-refractivity contribution >= 4 is 12.0 Å². The number of nitriles is 1. The lowest BCUT2D eigenvalue weighted by molar-refractivity contribution is -0.129. The average molecular weight is 321 g/mol. The summed E-state index contributed by atoms with van der Waals surface area (Å²) in [5, 5.41) is 9.19. The lowest BCUT2D eigenvalue weighted by Crippen LogP contribution is -2.09. The van der Waals surface area contributed by atoms with E-state index < -0.39 is 5.97 Å². The Kier molecular flexibility index (Phi) is 6.60. The zero-order valence-electron chi connectivity index (χ0n) is 13.6. The van der Waals surface area contributed by atoms with Crippen molar-refractivity contribution in [1.82, 2.24) is 0 Å². The van der Waals surface area contributed by atoms with Gasteiger partial charge in [-0.15, -0.1) is 0 Å². The standard InChI is InChI=1S/C20H19NO3/c1-2-3-13-23-18-11-9-16(10-12-18)14-17(15-21)20(22)24-19-7-5-4-6-8-19/h4-12,14H,2-3,13H2,1H3/b17-14+. The van der Waals surface area contributed by atoms with Crippen molar-refractivity contribution in [1.29, 1.82) is 5.26 Å². The molecule has 2 rings (SSSR count). The first-order chi connectivity index (χ1) is 11.7. The van der Waals surface area contributed by atoms with E-state index in [1.165, 1.54) is 6.08 Å². The third-order valence-corrected chi connectivity index (χ3v) is 3.25. The van der Waals surface area contributed by atoms with Crippen LogP contribution in [0.15, 0.2) is 60.2 Å². The molecule has 0 radical (unpaired) electrons. The molecule has 0 aromatic heterocycles. The normalized spacial score (nSPS) is 10.8. The third-order valence-electron chi connectivity index (χ3n) is 3.25. The highest BCUT2D eigenvalue weighted by Gasteiger charge is 2.11. The van der Waals surface area contributed by atoms with Gasteiger partial charge in [0.15, 0.2) is 0 Å². The number of rotatable bonds is 7. The van der Waals surface area contributed by atoms with Crippen molar-refractivity contribution in [2.45, 2.75) is 19.8 Å². The number of ether oxygens (including phenoxy) is 2. The van der Waals surface area contributed by atoms with Gasteiger partial charge in [0.1, 0.15) is 23.1 Å². The van der Waals surface area contributed by atoms with Crippen molar-refractivity contribution < 1.29 is 14.3 Å². The number of para-hydroxylation sites is 1. The summed E-state index contributed by atoms with van der Waals surface area (Å²) in [5.74, 6) is 0.501. The summed E-state index contributed by atoms with van der Waals surface area (Å²) in [5.41, 5.74) is 0.679. The van der Waals surface area contributed by atoms with Crippen LogP contribution in [0, 0.1) is 11.3 Å². The maximum absolute atomic E-state index is 12.1. The van der Waals surface area contributed by atoms with E-state index in [1.54, 1.807) is 36.4 Å². The van der Waals surface area contributed by atoms with E-state index in [0.29, 0.717) is 12.4 Å². The summed E-state index contributed by atoms with van der Waals surface area (Å²) < 4.78 is 10.8. The Morgan fingerprint density at radius 2 is 1.79 bits per heavy atom. The molecule has 0 heterocycles. The minimum atomic E-state index is -0.674. The molecule has 0 atom stereocenters. The van der Waals surface area contributed by atoms with Crippen LogP contribution in [0.4, 0.5) is 0 Å². The van der Waals surface area contributed by atoms with Gasteiger partial charge in [-0.05, 0) is 42.3 Å². The molecular weight excluding hydrogens is 302 g/mol. The summed E-state index contributed by atoms with van der Waals surface area (Å²) in [6, 6.07) is 17.8. The molecule has 0 amide bonds. The quantitative estimate of drug-likeness (QED) is 0.250. The van der Waals surface area contributed by atoms with Crippen LogP contribution in [0.5, 0.6) is 11.5 Å². The summed E-state index contributed by atoms with van der Waals surface area (Å²) >= 11 is 0. The van der Waals surface area contributed by atoms with Gasteiger partial charge in [-0.2, -0.15) is 5.26 Å². The van der Waals surface area contributed by atoms with Crippen molar-refractivity contribution in [3.05, 3.63) is 65.7 Å². The minimum absolute atomic E-state index is 0.0569. The van der Waals surface area contributed by atoms with E-state index in [1.807, 2.05) is 24.3 Å². The highest BCUT2D eigenvalue weighted by atomic mass is 16.5. The van der Waals surface area contributed by atoms with Crippen molar-refractivity contribution in [3.8, 4) is 17.6 Å². The van der Waals surface area contributed by atoms with Gasteiger partial charge in [0, 0.05) is 0 Å². The number of hydrogen-bond donors (Lipinski definition) is 0. The fourth-order valence-corrected chi connectivity index (χ4v) is 1.95. The molecule has 0 N–H and O–H groups in total. The van der Waals surface area contributed by atoms with E-state index >= 15 is 0 Å². The van der Waals surface area contributed by atoms with Gasteiger partial charge in [-0.25, -0.2) is 4.79 Å². The third kappa shape index (κ3) is 5.29. The highest BCUT2D eigenvalue weighted by molar-refractivity contribution is 5.99. The molecule has 4 heteroatoms. The molecule has 0 aliphatic heterocycles. The first-order valence-electron chi connectivity index (χ1n) is 7.85. The van der Waals surface area contributed by atoms with E-state index in [4.69, 9.17) is 9.47 Å². The molecule has 122 valence electrons. The zero-order chi connectivity index (χ0) is 17.2. The number of nitrogens with zero attached hydrogens (tertiary/aromatic N) is 1. The Hall–Kier alpha value is -3.06. The molecular formula is C20H19NO3. The molecule has 2 aromatic carbocycles. The first-order valence-corrected chi connectivity index (χ1v) is 7.85. The molecule has 0 saturated heterocycles. The van der Waals surface area contributed by atoms with Crippen molar-refractivity contribution in [3.63, 3.8) is 0 Å². The van der Waals surface area contributed by atoms with E-state index in [-0.39, 0.29) is 5.57 Å². The van der Waals surface area contributed by atoms with Gasteiger partial charge in [0.2, 0.25) is 0 Å². The van der Waals surface area contributed by atoms with E-state index in [9.17, 15) is 10.1 Å².